The molecular formula is C3H5I3N2. The molecule has 0 amide bonds. The molecule has 0 aliphatic heterocycles. The van der Waals surface area contributed by atoms with Crippen LogP contribution in [-0.2, 0) is 0 Å². The van der Waals surface area contributed by atoms with Crippen LogP contribution in [0, 0.1) is 0 Å². The maximum absolute atomic E-state index is 2.81. The standard InChI is InChI=1S/C3H4N2.I3/c1-2-5-3-4-1;1-3-2/h1-3H,(H,4,5);/q;-1/p+1. The SMILES string of the molecule is I[I-]I.c1c[nH+]c[nH]1. The van der Waals surface area contributed by atoms with Crippen molar-refractivity contribution in [1.82, 2.24) is 4.98 Å². The first-order chi connectivity index (χ1) is 3.91. The van der Waals surface area contributed by atoms with E-state index in [1.54, 1.807) is 6.33 Å². The molecular weight excluding hydrogens is 445 g/mol. The van der Waals surface area contributed by atoms with Gasteiger partial charge in [0.1, 0.15) is 12.4 Å². The van der Waals surface area contributed by atoms with E-state index in [1.165, 1.54) is 0 Å². The molecule has 0 aromatic carbocycles. The summed E-state index contributed by atoms with van der Waals surface area (Å²) in [6, 6.07) is 0. The van der Waals surface area contributed by atoms with E-state index in [-0.39, 0.29) is 0 Å². The van der Waals surface area contributed by atoms with Gasteiger partial charge in [-0.2, -0.15) is 0 Å². The van der Waals surface area contributed by atoms with E-state index in [1.807, 2.05) is 12.4 Å². The third-order valence-electron chi connectivity index (χ3n) is 0.442. The summed E-state index contributed by atoms with van der Waals surface area (Å²) in [4.78, 5) is 5.61. The number of H-pyrrole nitrogens is 2. The summed E-state index contributed by atoms with van der Waals surface area (Å²) >= 11 is 5.30. The van der Waals surface area contributed by atoms with Crippen molar-refractivity contribution >= 4 is 37.2 Å². The average molecular weight is 450 g/mol. The van der Waals surface area contributed by atoms with Gasteiger partial charge in [0.25, 0.3) is 0 Å². The summed E-state index contributed by atoms with van der Waals surface area (Å²) in [5, 5.41) is 0. The predicted octanol–water partition coefficient (Wildman–Crippen LogP) is -1.40. The van der Waals surface area contributed by atoms with Gasteiger partial charge in [-0.05, 0) is 0 Å². The van der Waals surface area contributed by atoms with Gasteiger partial charge in [0.15, 0.2) is 0 Å². The molecule has 0 fully saturated rings. The van der Waals surface area contributed by atoms with E-state index < -0.39 is 0 Å². The molecule has 0 saturated carbocycles. The molecule has 0 radical (unpaired) electrons. The van der Waals surface area contributed by atoms with Crippen molar-refractivity contribution in [2.24, 2.45) is 0 Å². The van der Waals surface area contributed by atoms with Crippen molar-refractivity contribution in [3.8, 4) is 0 Å². The minimum Gasteiger partial charge on any atom is -0.250 e. The van der Waals surface area contributed by atoms with E-state index >= 15 is 0 Å². The van der Waals surface area contributed by atoms with E-state index in [9.17, 15) is 0 Å². The third kappa shape index (κ3) is 7.40. The molecule has 2 N–H and O–H groups in total. The average Bonchev–Trinajstić information content (AvgIpc) is 2.17. The fraction of sp³-hybridized carbons (Fsp3) is 0. The van der Waals surface area contributed by atoms with Crippen LogP contribution in [0.2, 0.25) is 0 Å². The van der Waals surface area contributed by atoms with Crippen LogP contribution in [-0.4, -0.2) is 4.98 Å². The minimum absolute atomic E-state index is 0.530. The van der Waals surface area contributed by atoms with E-state index in [4.69, 9.17) is 0 Å². The summed E-state index contributed by atoms with van der Waals surface area (Å²) in [5.41, 5.74) is 0. The van der Waals surface area contributed by atoms with Crippen LogP contribution in [0.25, 0.3) is 0 Å². The van der Waals surface area contributed by atoms with E-state index in [0.29, 0.717) is 13.3 Å². The summed E-state index contributed by atoms with van der Waals surface area (Å²) in [6.07, 6.45) is 5.39. The molecule has 0 spiro atoms. The zero-order valence-corrected chi connectivity index (χ0v) is 10.3. The summed E-state index contributed by atoms with van der Waals surface area (Å²) < 4.78 is 0. The summed E-state index contributed by atoms with van der Waals surface area (Å²) in [5.74, 6) is 0. The number of hydrogen-bond acceptors (Lipinski definition) is 0. The Morgan fingerprint density at radius 1 is 1.50 bits per heavy atom. The largest absolute Gasteiger partial charge is 0.250 e. The Morgan fingerprint density at radius 3 is 2.25 bits per heavy atom. The van der Waals surface area contributed by atoms with Gasteiger partial charge >= 0.3 is 50.5 Å². The molecule has 5 heteroatoms. The van der Waals surface area contributed by atoms with Gasteiger partial charge in [-0.3, -0.25) is 9.97 Å². The quantitative estimate of drug-likeness (QED) is 0.473. The third-order valence-corrected chi connectivity index (χ3v) is 0.442. The van der Waals surface area contributed by atoms with Crippen LogP contribution < -0.4 is 18.2 Å². The Morgan fingerprint density at radius 2 is 2.12 bits per heavy atom. The molecule has 0 aliphatic carbocycles. The molecule has 0 aliphatic rings. The zero-order valence-electron chi connectivity index (χ0n) is 3.87. The van der Waals surface area contributed by atoms with Gasteiger partial charge in [-0.25, -0.2) is 0 Å². The second kappa shape index (κ2) is 8.40. The van der Waals surface area contributed by atoms with Crippen LogP contribution >= 0.6 is 37.2 Å². The topological polar surface area (TPSA) is 29.9 Å². The summed E-state index contributed by atoms with van der Waals surface area (Å²) in [6.45, 7) is 0. The van der Waals surface area contributed by atoms with Gasteiger partial charge in [0.05, 0.1) is 0 Å². The molecule has 1 rings (SSSR count). The molecule has 48 valence electrons. The number of halogens is 3. The van der Waals surface area contributed by atoms with Crippen molar-refractivity contribution in [2.75, 3.05) is 0 Å². The molecule has 0 bridgehead atoms. The molecule has 1 aromatic rings. The van der Waals surface area contributed by atoms with Crippen LogP contribution in [0.3, 0.4) is 0 Å². The Labute approximate surface area is 77.8 Å². The zero-order chi connectivity index (χ0) is 6.24. The number of nitrogens with one attached hydrogen (secondary N) is 2. The van der Waals surface area contributed by atoms with Gasteiger partial charge in [0, 0.05) is 0 Å². The maximum Gasteiger partial charge on any atom is 0.239 e. The number of hydrogen-bond donors (Lipinski definition) is 1. The molecule has 1 aromatic heterocycles. The molecule has 0 saturated heterocycles. The normalized spacial score (nSPS) is 7.75. The smallest absolute Gasteiger partial charge is 0.239 e. The Balaban J connectivity index is 0.000000145. The minimum atomic E-state index is 0.530. The van der Waals surface area contributed by atoms with Crippen molar-refractivity contribution in [3.63, 3.8) is 0 Å². The molecule has 8 heavy (non-hydrogen) atoms. The maximum atomic E-state index is 2.81. The Bertz CT molecular complexity index is 79.4. The van der Waals surface area contributed by atoms with Crippen LogP contribution in [0.15, 0.2) is 18.7 Å². The second-order valence-electron chi connectivity index (χ2n) is 0.865. The fourth-order valence-electron chi connectivity index (χ4n) is 0.241. The van der Waals surface area contributed by atoms with Crippen molar-refractivity contribution in [3.05, 3.63) is 18.7 Å². The monoisotopic (exact) mass is 450 g/mol. The first-order valence-electron chi connectivity index (χ1n) is 1.77. The van der Waals surface area contributed by atoms with E-state index in [2.05, 4.69) is 47.2 Å². The van der Waals surface area contributed by atoms with Crippen LogP contribution in [0.1, 0.15) is 0 Å². The number of aromatic amines is 2. The first-order valence-corrected chi connectivity index (χ1v) is 14.3. The van der Waals surface area contributed by atoms with Crippen LogP contribution in [0.4, 0.5) is 0 Å². The molecule has 2 nitrogen and oxygen atoms in total. The van der Waals surface area contributed by atoms with Crippen molar-refractivity contribution in [1.29, 1.82) is 0 Å². The van der Waals surface area contributed by atoms with Gasteiger partial charge in [-0.1, -0.05) is 0 Å². The predicted molar refractivity (Wildman–Crippen MR) is 45.4 cm³/mol. The van der Waals surface area contributed by atoms with Gasteiger partial charge in [0.2, 0.25) is 6.33 Å². The second-order valence-corrected chi connectivity index (χ2v) is 17.1. The Kier molecular flexibility index (Phi) is 9.87. The fourth-order valence-corrected chi connectivity index (χ4v) is 0.241. The van der Waals surface area contributed by atoms with Crippen LogP contribution in [0.5, 0.6) is 0 Å². The molecule has 1 heterocycles. The molecule has 0 atom stereocenters. The van der Waals surface area contributed by atoms with Crippen molar-refractivity contribution in [2.45, 2.75) is 0 Å². The van der Waals surface area contributed by atoms with Gasteiger partial charge in [-0.15, -0.1) is 0 Å². The number of rotatable bonds is 0. The van der Waals surface area contributed by atoms with Crippen molar-refractivity contribution < 1.29 is 18.2 Å². The molecule has 0 unspecified atom stereocenters. The number of imidazole rings is 1. The number of aromatic nitrogens is 2. The van der Waals surface area contributed by atoms with Gasteiger partial charge < -0.3 is 0 Å². The first kappa shape index (κ1) is 9.40. The van der Waals surface area contributed by atoms with E-state index in [0.717, 1.165) is 0 Å². The Hall–Kier alpha value is 1.40. The summed E-state index contributed by atoms with van der Waals surface area (Å²) in [7, 11) is 0.